The highest BCUT2D eigenvalue weighted by atomic mass is 19.4. The van der Waals surface area contributed by atoms with Gasteiger partial charge in [-0.05, 0) is 60.9 Å². The first-order valence-corrected chi connectivity index (χ1v) is 13.8. The summed E-state index contributed by atoms with van der Waals surface area (Å²) in [4.78, 5) is 40.1. The lowest BCUT2D eigenvalue weighted by Crippen LogP contribution is -2.33. The Morgan fingerprint density at radius 2 is 1.66 bits per heavy atom. The molecule has 0 radical (unpaired) electrons. The summed E-state index contributed by atoms with van der Waals surface area (Å²) in [7, 11) is 0. The van der Waals surface area contributed by atoms with Crippen molar-refractivity contribution in [1.82, 2.24) is 4.90 Å². The van der Waals surface area contributed by atoms with Gasteiger partial charge in [-0.15, -0.1) is 0 Å². The molecule has 7 nitrogen and oxygen atoms in total. The van der Waals surface area contributed by atoms with E-state index in [1.54, 1.807) is 0 Å². The Hall–Kier alpha value is -3.82. The van der Waals surface area contributed by atoms with Gasteiger partial charge in [-0.1, -0.05) is 46.2 Å². The number of urea groups is 1. The predicted molar refractivity (Wildman–Crippen MR) is 150 cm³/mol. The predicted octanol–water partition coefficient (Wildman–Crippen LogP) is 7.08. The van der Waals surface area contributed by atoms with E-state index in [0.29, 0.717) is 55.2 Å². The van der Waals surface area contributed by atoms with Gasteiger partial charge in [0.2, 0.25) is 0 Å². The van der Waals surface area contributed by atoms with Gasteiger partial charge in [0, 0.05) is 29.2 Å². The Labute approximate surface area is 236 Å². The van der Waals surface area contributed by atoms with Gasteiger partial charge in [0.25, 0.3) is 5.91 Å². The number of alkyl halides is 3. The minimum atomic E-state index is -4.69. The van der Waals surface area contributed by atoms with Crippen molar-refractivity contribution in [1.29, 1.82) is 0 Å². The summed E-state index contributed by atoms with van der Waals surface area (Å²) in [5, 5.41) is -0.174. The van der Waals surface area contributed by atoms with E-state index >= 15 is 0 Å². The van der Waals surface area contributed by atoms with Crippen LogP contribution in [0.4, 0.5) is 23.7 Å². The molecule has 3 aromatic rings. The van der Waals surface area contributed by atoms with Crippen LogP contribution in [0.3, 0.4) is 0 Å². The molecule has 2 aromatic carbocycles. The summed E-state index contributed by atoms with van der Waals surface area (Å²) < 4.78 is 51.6. The quantitative estimate of drug-likeness (QED) is 0.147. The first-order chi connectivity index (χ1) is 19.3. The molecule has 1 aliphatic heterocycles. The third-order valence-corrected chi connectivity index (χ3v) is 7.16. The Bertz CT molecular complexity index is 1470. The largest absolute Gasteiger partial charge is 0.493 e. The van der Waals surface area contributed by atoms with Crippen LogP contribution in [0, 0.1) is 0 Å². The van der Waals surface area contributed by atoms with Crippen molar-refractivity contribution in [2.75, 3.05) is 24.6 Å². The summed E-state index contributed by atoms with van der Waals surface area (Å²) in [5.74, 6) is 0.131. The summed E-state index contributed by atoms with van der Waals surface area (Å²) in [6, 6.07) is 10.5. The molecule has 4 rings (SSSR count). The zero-order valence-electron chi connectivity index (χ0n) is 23.8. The van der Waals surface area contributed by atoms with Crippen LogP contribution < -0.4 is 15.3 Å². The number of halogens is 3. The molecular weight excluding hydrogens is 537 g/mol. The van der Waals surface area contributed by atoms with E-state index in [1.165, 1.54) is 21.9 Å². The van der Waals surface area contributed by atoms with Gasteiger partial charge < -0.3 is 9.15 Å². The molecule has 0 unspecified atom stereocenters. The number of fused-ring (bicyclic) bond motifs is 1. The Morgan fingerprint density at radius 1 is 0.951 bits per heavy atom. The molecule has 1 fully saturated rings. The molecule has 1 saturated heterocycles. The number of amides is 3. The molecule has 1 aromatic heterocycles. The molecule has 1 aliphatic rings. The van der Waals surface area contributed by atoms with E-state index in [2.05, 4.69) is 20.8 Å². The minimum Gasteiger partial charge on any atom is -0.493 e. The molecule has 0 saturated carbocycles. The topological polar surface area (TPSA) is 80.1 Å². The van der Waals surface area contributed by atoms with Gasteiger partial charge >= 0.3 is 17.8 Å². The average Bonchev–Trinajstić information content (AvgIpc) is 3.18. The Kier molecular flexibility index (Phi) is 8.80. The monoisotopic (exact) mass is 572 g/mol. The number of hydrogen-bond acceptors (Lipinski definition) is 5. The van der Waals surface area contributed by atoms with Gasteiger partial charge in [-0.3, -0.25) is 14.6 Å². The summed E-state index contributed by atoms with van der Waals surface area (Å²) in [6.45, 7) is 8.77. The summed E-state index contributed by atoms with van der Waals surface area (Å²) >= 11 is 0. The third kappa shape index (κ3) is 6.74. The fourth-order valence-corrected chi connectivity index (χ4v) is 4.96. The number of unbranched alkanes of at least 4 members (excludes halogenated alkanes) is 2. The molecular formula is C31H35F3N2O5. The first-order valence-electron chi connectivity index (χ1n) is 13.8. The van der Waals surface area contributed by atoms with Crippen molar-refractivity contribution in [3.63, 3.8) is 0 Å². The fraction of sp³-hybridized carbons (Fsp3) is 0.452. The number of benzene rings is 2. The SMILES string of the molecule is CCCc1c(OCCCCCN2C(=O)CN(c3ccc(C(C)(C)C)cc3)C2=O)ccc2c(C(F)(F)F)cc(=O)oc12. The zero-order chi connectivity index (χ0) is 29.9. The molecule has 0 spiro atoms. The lowest BCUT2D eigenvalue weighted by molar-refractivity contribution is -0.136. The highest BCUT2D eigenvalue weighted by molar-refractivity contribution is 6.12. The highest BCUT2D eigenvalue weighted by Crippen LogP contribution is 2.37. The number of rotatable bonds is 10. The van der Waals surface area contributed by atoms with Crippen molar-refractivity contribution in [3.8, 4) is 5.75 Å². The van der Waals surface area contributed by atoms with Crippen molar-refractivity contribution < 1.29 is 31.9 Å². The number of carbonyl (C=O) groups is 2. The fourth-order valence-electron chi connectivity index (χ4n) is 4.96. The number of hydrogen-bond donors (Lipinski definition) is 0. The van der Waals surface area contributed by atoms with E-state index in [-0.39, 0.29) is 48.0 Å². The molecule has 0 N–H and O–H groups in total. The second-order valence-corrected chi connectivity index (χ2v) is 11.3. The van der Waals surface area contributed by atoms with E-state index in [9.17, 15) is 27.6 Å². The maximum Gasteiger partial charge on any atom is 0.417 e. The minimum absolute atomic E-state index is 0.00512. The Balaban J connectivity index is 1.33. The van der Waals surface area contributed by atoms with Crippen LogP contribution in [0.2, 0.25) is 0 Å². The van der Waals surface area contributed by atoms with Crippen LogP contribution in [-0.4, -0.2) is 36.5 Å². The maximum atomic E-state index is 13.5. The van der Waals surface area contributed by atoms with Gasteiger partial charge in [0.15, 0.2) is 0 Å². The second kappa shape index (κ2) is 12.0. The molecule has 0 atom stereocenters. The van der Waals surface area contributed by atoms with Crippen LogP contribution in [0.25, 0.3) is 11.0 Å². The van der Waals surface area contributed by atoms with Crippen molar-refractivity contribution >= 4 is 28.6 Å². The maximum absolute atomic E-state index is 13.5. The van der Waals surface area contributed by atoms with Gasteiger partial charge in [-0.2, -0.15) is 13.2 Å². The number of aryl methyl sites for hydroxylation is 1. The second-order valence-electron chi connectivity index (χ2n) is 11.3. The molecule has 0 aliphatic carbocycles. The molecule has 10 heteroatoms. The highest BCUT2D eigenvalue weighted by Gasteiger charge is 2.37. The normalized spacial score (nSPS) is 14.4. The van der Waals surface area contributed by atoms with Crippen molar-refractivity contribution in [3.05, 3.63) is 69.6 Å². The summed E-state index contributed by atoms with van der Waals surface area (Å²) in [5.41, 5.74) is 0.0372. The lowest BCUT2D eigenvalue weighted by Gasteiger charge is -2.21. The Morgan fingerprint density at radius 3 is 2.29 bits per heavy atom. The van der Waals surface area contributed by atoms with Gasteiger partial charge in [-0.25, -0.2) is 9.59 Å². The molecule has 41 heavy (non-hydrogen) atoms. The number of carbonyl (C=O) groups excluding carboxylic acids is 2. The van der Waals surface area contributed by atoms with Crippen LogP contribution in [0.5, 0.6) is 5.75 Å². The average molecular weight is 573 g/mol. The van der Waals surface area contributed by atoms with Crippen LogP contribution >= 0.6 is 0 Å². The van der Waals surface area contributed by atoms with Gasteiger partial charge in [0.1, 0.15) is 17.9 Å². The molecule has 220 valence electrons. The van der Waals surface area contributed by atoms with E-state index in [1.807, 2.05) is 31.2 Å². The van der Waals surface area contributed by atoms with Gasteiger partial charge in [0.05, 0.1) is 12.2 Å². The van der Waals surface area contributed by atoms with Crippen molar-refractivity contribution in [2.45, 2.75) is 71.4 Å². The third-order valence-electron chi connectivity index (χ3n) is 7.16. The van der Waals surface area contributed by atoms with E-state index in [4.69, 9.17) is 9.15 Å². The van der Waals surface area contributed by atoms with E-state index < -0.39 is 17.4 Å². The standard InChI is InChI=1S/C31H35F3N2O5/c1-5-9-23-25(15-14-22-24(31(32,33)34)18-27(38)41-28(22)23)40-17-8-6-7-16-35-26(37)19-36(29(35)39)21-12-10-20(11-13-21)30(2,3)4/h10-15,18H,5-9,16-17,19H2,1-4H3. The zero-order valence-corrected chi connectivity index (χ0v) is 23.8. The first kappa shape index (κ1) is 30.1. The van der Waals surface area contributed by atoms with Crippen LogP contribution in [0.1, 0.15) is 70.1 Å². The summed E-state index contributed by atoms with van der Waals surface area (Å²) in [6.07, 6.45) is -1.84. The van der Waals surface area contributed by atoms with Crippen LogP contribution in [-0.2, 0) is 22.8 Å². The number of nitrogens with zero attached hydrogens (tertiary/aromatic N) is 2. The molecule has 3 amide bonds. The number of ether oxygens (including phenoxy) is 1. The number of imide groups is 1. The van der Waals surface area contributed by atoms with Crippen LogP contribution in [0.15, 0.2) is 51.7 Å². The molecule has 2 heterocycles. The van der Waals surface area contributed by atoms with Crippen molar-refractivity contribution in [2.24, 2.45) is 0 Å². The smallest absolute Gasteiger partial charge is 0.417 e. The lowest BCUT2D eigenvalue weighted by atomic mass is 9.87. The van der Waals surface area contributed by atoms with E-state index in [0.717, 1.165) is 5.56 Å². The molecule has 0 bridgehead atoms. The number of anilines is 1.